The van der Waals surface area contributed by atoms with Gasteiger partial charge in [-0.1, -0.05) is 0 Å². The molecule has 1 amide bonds. The van der Waals surface area contributed by atoms with E-state index in [1.807, 2.05) is 18.2 Å². The molecule has 0 unspecified atom stereocenters. The van der Waals surface area contributed by atoms with Gasteiger partial charge < -0.3 is 19.8 Å². The Labute approximate surface area is 173 Å². The minimum absolute atomic E-state index is 0.184. The average Bonchev–Trinajstić information content (AvgIpc) is 3.28. The number of anilines is 2. The second-order valence-corrected chi connectivity index (χ2v) is 8.38. The number of hydrogen-bond acceptors (Lipinski definition) is 3. The topological polar surface area (TPSA) is 70.1 Å². The van der Waals surface area contributed by atoms with Crippen LogP contribution in [0.25, 0.3) is 22.0 Å². The molecule has 1 saturated carbocycles. The fourth-order valence-corrected chi connectivity index (χ4v) is 4.57. The van der Waals surface area contributed by atoms with Crippen molar-refractivity contribution in [1.29, 1.82) is 0 Å². The Balaban J connectivity index is 1.70. The smallest absolute Gasteiger partial charge is 0.274 e. The summed E-state index contributed by atoms with van der Waals surface area (Å²) in [5.74, 6) is -0.184. The third-order valence-corrected chi connectivity index (χ3v) is 6.46. The molecule has 2 fully saturated rings. The highest BCUT2D eigenvalue weighted by Gasteiger charge is 2.44. The molecule has 0 bridgehead atoms. The van der Waals surface area contributed by atoms with Crippen molar-refractivity contribution in [3.8, 4) is 11.1 Å². The summed E-state index contributed by atoms with van der Waals surface area (Å²) in [6, 6.07) is 7.51. The van der Waals surface area contributed by atoms with Gasteiger partial charge in [0.2, 0.25) is 5.91 Å². The normalized spacial score (nSPS) is 19.6. The molecule has 150 valence electrons. The van der Waals surface area contributed by atoms with Crippen LogP contribution in [0.15, 0.2) is 41.5 Å². The minimum atomic E-state index is -2.61. The first-order valence-electron chi connectivity index (χ1n) is 11.6. The summed E-state index contributed by atoms with van der Waals surface area (Å²) in [5, 5.41) is 3.48. The molecule has 2 N–H and O–H groups in total. The minimum Gasteiger partial charge on any atom is -0.371 e. The van der Waals surface area contributed by atoms with Gasteiger partial charge in [-0.3, -0.25) is 9.59 Å². The molecule has 1 aliphatic heterocycles. The second kappa shape index (κ2) is 6.51. The zero-order chi connectivity index (χ0) is 22.7. The van der Waals surface area contributed by atoms with Crippen LogP contribution in [-0.4, -0.2) is 28.5 Å². The van der Waals surface area contributed by atoms with Gasteiger partial charge in [0.15, 0.2) is 0 Å². The highest BCUT2D eigenvalue weighted by molar-refractivity contribution is 5.99. The summed E-state index contributed by atoms with van der Waals surface area (Å²) in [5.41, 5.74) is 3.24. The van der Waals surface area contributed by atoms with E-state index in [1.54, 1.807) is 12.3 Å². The molecule has 2 aliphatic rings. The number of rotatable bonds is 3. The van der Waals surface area contributed by atoms with E-state index in [-0.39, 0.29) is 11.4 Å². The van der Waals surface area contributed by atoms with Gasteiger partial charge in [-0.15, -0.1) is 0 Å². The van der Waals surface area contributed by atoms with E-state index in [1.165, 1.54) is 26.0 Å². The Morgan fingerprint density at radius 1 is 1.17 bits per heavy atom. The Kier molecular flexibility index (Phi) is 3.34. The largest absolute Gasteiger partial charge is 0.371 e. The molecule has 0 radical (unpaired) electrons. The Morgan fingerprint density at radius 3 is 2.66 bits per heavy atom. The summed E-state index contributed by atoms with van der Waals surface area (Å²) < 4.78 is 24.4. The fraction of sp³-hybridized carbons (Fsp3) is 0.391. The van der Waals surface area contributed by atoms with Crippen molar-refractivity contribution in [2.45, 2.75) is 32.6 Å². The van der Waals surface area contributed by atoms with E-state index in [9.17, 15) is 9.59 Å². The zero-order valence-electron chi connectivity index (χ0n) is 19.4. The zero-order valence-corrected chi connectivity index (χ0v) is 16.4. The molecule has 29 heavy (non-hydrogen) atoms. The molecule has 0 atom stereocenters. The number of nitrogens with one attached hydrogen (secondary N) is 2. The maximum atomic E-state index is 12.8. The molecule has 1 aromatic carbocycles. The molecule has 5 rings (SSSR count). The van der Waals surface area contributed by atoms with Gasteiger partial charge in [0, 0.05) is 71.4 Å². The number of fused-ring (bicyclic) bond motifs is 1. The maximum Gasteiger partial charge on any atom is 0.274 e. The van der Waals surface area contributed by atoms with E-state index in [2.05, 4.69) is 15.2 Å². The summed E-state index contributed by atoms with van der Waals surface area (Å²) in [7, 11) is 0. The Bertz CT molecular complexity index is 1260. The van der Waals surface area contributed by atoms with E-state index in [0.717, 1.165) is 41.7 Å². The van der Waals surface area contributed by atoms with Crippen LogP contribution in [0.1, 0.15) is 36.7 Å². The molecule has 1 aliphatic carbocycles. The molecular formula is C23H26N4O2. The number of aromatic amines is 1. The number of pyridine rings is 1. The summed E-state index contributed by atoms with van der Waals surface area (Å²) in [6.07, 6.45) is 7.98. The summed E-state index contributed by atoms with van der Waals surface area (Å²) in [6.45, 7) is 0.708. The van der Waals surface area contributed by atoms with E-state index >= 15 is 0 Å². The van der Waals surface area contributed by atoms with Crippen molar-refractivity contribution in [3.05, 3.63) is 47.0 Å². The number of nitrogens with zero attached hydrogens (tertiary/aromatic N) is 2. The molecule has 3 aromatic rings. The van der Waals surface area contributed by atoms with Crippen LogP contribution in [-0.2, 0) is 11.8 Å². The van der Waals surface area contributed by atoms with Crippen LogP contribution >= 0.6 is 0 Å². The van der Waals surface area contributed by atoms with Crippen molar-refractivity contribution >= 4 is 28.2 Å². The third-order valence-electron chi connectivity index (χ3n) is 6.46. The van der Waals surface area contributed by atoms with Crippen molar-refractivity contribution in [1.82, 2.24) is 9.55 Å². The second-order valence-electron chi connectivity index (χ2n) is 8.38. The standard InChI is InChI=1S/C23H26N4O2/c1-15(28)25-16-3-4-20(27-11-8-23(6-7-23)9-12-27)18(13-16)19-14-26(2)22(29)21-17(19)5-10-24-21/h3-5,10,13-14,24H,6-9,11-12H2,1-2H3,(H,25,28)/i2D3. The molecular weight excluding hydrogens is 364 g/mol. The van der Waals surface area contributed by atoms with Crippen molar-refractivity contribution in [2.75, 3.05) is 23.3 Å². The number of carbonyl (C=O) groups is 1. The molecule has 3 heterocycles. The summed E-state index contributed by atoms with van der Waals surface area (Å²) in [4.78, 5) is 29.7. The van der Waals surface area contributed by atoms with Gasteiger partial charge in [0.05, 0.1) is 0 Å². The van der Waals surface area contributed by atoms with Crippen LogP contribution < -0.4 is 15.8 Å². The highest BCUT2D eigenvalue weighted by atomic mass is 16.1. The summed E-state index contributed by atoms with van der Waals surface area (Å²) >= 11 is 0. The first-order valence-corrected chi connectivity index (χ1v) is 10.1. The molecule has 2 aromatic heterocycles. The number of carbonyl (C=O) groups excluding carboxylic acids is 1. The lowest BCUT2D eigenvalue weighted by Crippen LogP contribution is -2.34. The van der Waals surface area contributed by atoms with Gasteiger partial charge in [-0.05, 0) is 55.4 Å². The van der Waals surface area contributed by atoms with Gasteiger partial charge in [-0.25, -0.2) is 0 Å². The number of H-pyrrole nitrogens is 1. The predicted molar refractivity (Wildman–Crippen MR) is 116 cm³/mol. The lowest BCUT2D eigenvalue weighted by atomic mass is 9.92. The lowest BCUT2D eigenvalue weighted by Gasteiger charge is -2.35. The van der Waals surface area contributed by atoms with Crippen LogP contribution in [0.5, 0.6) is 0 Å². The van der Waals surface area contributed by atoms with E-state index in [4.69, 9.17) is 4.11 Å². The van der Waals surface area contributed by atoms with Crippen molar-refractivity contribution in [2.24, 2.45) is 12.4 Å². The van der Waals surface area contributed by atoms with Gasteiger partial charge in [0.1, 0.15) is 5.52 Å². The molecule has 1 saturated heterocycles. The molecule has 1 spiro atoms. The maximum absolute atomic E-state index is 12.8. The lowest BCUT2D eigenvalue weighted by molar-refractivity contribution is -0.114. The van der Waals surface area contributed by atoms with Crippen molar-refractivity contribution < 1.29 is 8.91 Å². The van der Waals surface area contributed by atoms with E-state index < -0.39 is 12.5 Å². The predicted octanol–water partition coefficient (Wildman–Crippen LogP) is 3.87. The number of aromatic nitrogens is 2. The SMILES string of the molecule is [2H]C([2H])([2H])n1cc(-c2cc(NC(C)=O)ccc2N2CCC3(CC2)CC3)c2cc[nH]c2c1=O. The molecule has 6 heteroatoms. The van der Waals surface area contributed by atoms with Crippen molar-refractivity contribution in [3.63, 3.8) is 0 Å². The quantitative estimate of drug-likeness (QED) is 0.710. The van der Waals surface area contributed by atoms with Gasteiger partial charge in [0.25, 0.3) is 5.56 Å². The van der Waals surface area contributed by atoms with Crippen LogP contribution in [0.4, 0.5) is 11.4 Å². The Hall–Kier alpha value is -3.02. The first kappa shape index (κ1) is 14.9. The Morgan fingerprint density at radius 2 is 1.97 bits per heavy atom. The average molecular weight is 394 g/mol. The number of amides is 1. The van der Waals surface area contributed by atoms with Gasteiger partial charge >= 0.3 is 0 Å². The fourth-order valence-electron chi connectivity index (χ4n) is 4.57. The monoisotopic (exact) mass is 393 g/mol. The number of piperidine rings is 1. The molecule has 6 nitrogen and oxygen atoms in total. The highest BCUT2D eigenvalue weighted by Crippen LogP contribution is 2.54. The number of aryl methyl sites for hydroxylation is 1. The third kappa shape index (κ3) is 3.12. The first-order chi connectivity index (χ1) is 15.2. The van der Waals surface area contributed by atoms with Crippen LogP contribution in [0, 0.1) is 5.41 Å². The van der Waals surface area contributed by atoms with Crippen LogP contribution in [0.2, 0.25) is 0 Å². The van der Waals surface area contributed by atoms with Crippen LogP contribution in [0.3, 0.4) is 0 Å². The number of hydrogen-bond donors (Lipinski definition) is 2. The number of benzene rings is 1. The van der Waals surface area contributed by atoms with E-state index in [0.29, 0.717) is 22.1 Å². The van der Waals surface area contributed by atoms with Gasteiger partial charge in [-0.2, -0.15) is 0 Å².